The number of anilines is 1. The van der Waals surface area contributed by atoms with Gasteiger partial charge in [0.2, 0.25) is 11.8 Å². The van der Waals surface area contributed by atoms with E-state index in [0.29, 0.717) is 34.7 Å². The normalized spacial score (nSPS) is 14.2. The molecule has 1 aliphatic carbocycles. The van der Waals surface area contributed by atoms with Crippen molar-refractivity contribution >= 4 is 28.5 Å². The van der Waals surface area contributed by atoms with Crippen molar-refractivity contribution in [3.8, 4) is 11.5 Å². The molecule has 2 amide bonds. The van der Waals surface area contributed by atoms with E-state index in [4.69, 9.17) is 9.47 Å². The maximum absolute atomic E-state index is 14.4. The second kappa shape index (κ2) is 12.2. The molecule has 0 saturated heterocycles. The zero-order valence-corrected chi connectivity index (χ0v) is 23.2. The largest absolute Gasteiger partial charge is 0.493 e. The van der Waals surface area contributed by atoms with Gasteiger partial charge in [-0.2, -0.15) is 0 Å². The Morgan fingerprint density at radius 1 is 1.00 bits per heavy atom. The average Bonchev–Trinajstić information content (AvgIpc) is 3.65. The number of nitrogens with zero attached hydrogens (tertiary/aromatic N) is 4. The Bertz CT molecular complexity index is 1490. The van der Waals surface area contributed by atoms with E-state index in [2.05, 4.69) is 15.6 Å². The molecular weight excluding hydrogens is 506 g/mol. The Hall–Kier alpha value is -4.40. The third kappa shape index (κ3) is 5.36. The quantitative estimate of drug-likeness (QED) is 0.308. The topological polar surface area (TPSA) is 98.6 Å². The predicted octanol–water partition coefficient (Wildman–Crippen LogP) is 4.84. The van der Waals surface area contributed by atoms with Gasteiger partial charge in [0, 0.05) is 17.3 Å². The fourth-order valence-corrected chi connectivity index (χ4v) is 5.58. The molecule has 1 saturated carbocycles. The number of hydrogen-bond donors (Lipinski definition) is 1. The van der Waals surface area contributed by atoms with Gasteiger partial charge in [-0.25, -0.2) is 4.68 Å². The standard InChI is InChI=1S/C31H35N5O4/c1-4-21-12-5-9-17-25(21)36(28(37)20-35-26-18-10-8-16-24(26)33-34-35)29(31(38)32-22-13-6-7-14-22)23-15-11-19-27(39-2)30(23)40-3/h5,8-12,15-19,22,29H,4,6-7,13-14,20H2,1-3H3,(H,32,38). The molecule has 3 aromatic carbocycles. The van der Waals surface area contributed by atoms with Gasteiger partial charge in [-0.1, -0.05) is 67.4 Å². The van der Waals surface area contributed by atoms with E-state index in [0.717, 1.165) is 36.8 Å². The molecule has 0 bridgehead atoms. The van der Waals surface area contributed by atoms with Gasteiger partial charge in [-0.3, -0.25) is 14.5 Å². The maximum Gasteiger partial charge on any atom is 0.249 e. The van der Waals surface area contributed by atoms with Crippen molar-refractivity contribution in [3.05, 3.63) is 77.9 Å². The van der Waals surface area contributed by atoms with Crippen molar-refractivity contribution in [2.45, 2.75) is 57.7 Å². The minimum absolute atomic E-state index is 0.0595. The fraction of sp³-hybridized carbons (Fsp3) is 0.355. The molecule has 1 atom stereocenters. The third-order valence-electron chi connectivity index (χ3n) is 7.54. The van der Waals surface area contributed by atoms with E-state index in [-0.39, 0.29) is 24.4 Å². The minimum atomic E-state index is -1.01. The highest BCUT2D eigenvalue weighted by molar-refractivity contribution is 6.02. The Kier molecular flexibility index (Phi) is 8.28. The predicted molar refractivity (Wildman–Crippen MR) is 154 cm³/mol. The molecular formula is C31H35N5O4. The lowest BCUT2D eigenvalue weighted by atomic mass is 9.99. The molecule has 0 radical (unpaired) electrons. The van der Waals surface area contributed by atoms with Crippen molar-refractivity contribution in [2.75, 3.05) is 19.1 Å². The molecule has 4 aromatic rings. The van der Waals surface area contributed by atoms with Crippen LogP contribution in [0.2, 0.25) is 0 Å². The minimum Gasteiger partial charge on any atom is -0.493 e. The zero-order chi connectivity index (χ0) is 28.1. The van der Waals surface area contributed by atoms with Crippen LogP contribution in [-0.4, -0.2) is 47.1 Å². The van der Waals surface area contributed by atoms with E-state index in [9.17, 15) is 9.59 Å². The van der Waals surface area contributed by atoms with Gasteiger partial charge in [0.15, 0.2) is 11.5 Å². The summed E-state index contributed by atoms with van der Waals surface area (Å²) in [6.45, 7) is 1.93. The first-order chi connectivity index (χ1) is 19.5. The van der Waals surface area contributed by atoms with Crippen LogP contribution in [0.25, 0.3) is 11.0 Å². The lowest BCUT2D eigenvalue weighted by Crippen LogP contribution is -2.47. The summed E-state index contributed by atoms with van der Waals surface area (Å²) in [5, 5.41) is 11.7. The number of carbonyl (C=O) groups excluding carboxylic acids is 2. The first-order valence-corrected chi connectivity index (χ1v) is 13.7. The monoisotopic (exact) mass is 541 g/mol. The average molecular weight is 542 g/mol. The van der Waals surface area contributed by atoms with Gasteiger partial charge in [-0.15, -0.1) is 5.10 Å². The Morgan fingerprint density at radius 2 is 1.75 bits per heavy atom. The first kappa shape index (κ1) is 27.2. The van der Waals surface area contributed by atoms with Crippen LogP contribution in [0.15, 0.2) is 66.7 Å². The molecule has 5 rings (SSSR count). The van der Waals surface area contributed by atoms with E-state index >= 15 is 0 Å². The van der Waals surface area contributed by atoms with Crippen LogP contribution in [0.5, 0.6) is 11.5 Å². The van der Waals surface area contributed by atoms with Gasteiger partial charge in [0.25, 0.3) is 0 Å². The van der Waals surface area contributed by atoms with Crippen molar-refractivity contribution in [2.24, 2.45) is 0 Å². The summed E-state index contributed by atoms with van der Waals surface area (Å²) in [4.78, 5) is 30.3. The highest BCUT2D eigenvalue weighted by atomic mass is 16.5. The number of benzene rings is 3. The van der Waals surface area contributed by atoms with Gasteiger partial charge in [0.05, 0.1) is 19.7 Å². The molecule has 9 nitrogen and oxygen atoms in total. The van der Waals surface area contributed by atoms with Crippen LogP contribution in [0.1, 0.15) is 49.8 Å². The van der Waals surface area contributed by atoms with Crippen molar-refractivity contribution in [1.29, 1.82) is 0 Å². The van der Waals surface area contributed by atoms with Crippen molar-refractivity contribution in [3.63, 3.8) is 0 Å². The number of hydrogen-bond acceptors (Lipinski definition) is 6. The van der Waals surface area contributed by atoms with Crippen molar-refractivity contribution in [1.82, 2.24) is 20.3 Å². The number of nitrogens with one attached hydrogen (secondary N) is 1. The lowest BCUT2D eigenvalue weighted by molar-refractivity contribution is -0.127. The summed E-state index contributed by atoms with van der Waals surface area (Å²) in [5.41, 5.74) is 3.59. The third-order valence-corrected chi connectivity index (χ3v) is 7.54. The highest BCUT2D eigenvalue weighted by Crippen LogP contribution is 2.40. The molecule has 1 aromatic heterocycles. The number of ether oxygens (including phenoxy) is 2. The number of fused-ring (bicyclic) bond motifs is 1. The maximum atomic E-state index is 14.4. The van der Waals surface area contributed by atoms with Gasteiger partial charge in [0.1, 0.15) is 18.1 Å². The molecule has 0 aliphatic heterocycles. The second-order valence-electron chi connectivity index (χ2n) is 9.96. The van der Waals surface area contributed by atoms with E-state index < -0.39 is 6.04 Å². The molecule has 40 heavy (non-hydrogen) atoms. The molecule has 1 fully saturated rings. The SMILES string of the molecule is CCc1ccccc1N(C(=O)Cn1nnc2ccccc21)C(C(=O)NC1CCCC1)c1cccc(OC)c1OC. The molecule has 1 aliphatic rings. The number of methoxy groups -OCH3 is 2. The molecule has 1 unspecified atom stereocenters. The number of carbonyl (C=O) groups is 2. The van der Waals surface area contributed by atoms with E-state index in [1.807, 2.05) is 67.6 Å². The van der Waals surface area contributed by atoms with Crippen LogP contribution in [0.3, 0.4) is 0 Å². The number of rotatable bonds is 10. The van der Waals surface area contributed by atoms with E-state index in [1.165, 1.54) is 0 Å². The van der Waals surface area contributed by atoms with Crippen LogP contribution in [0, 0.1) is 0 Å². The molecule has 1 N–H and O–H groups in total. The zero-order valence-electron chi connectivity index (χ0n) is 23.2. The Labute approximate surface area is 234 Å². The Morgan fingerprint density at radius 3 is 2.50 bits per heavy atom. The van der Waals surface area contributed by atoms with E-state index in [1.54, 1.807) is 29.9 Å². The number of aryl methyl sites for hydroxylation is 1. The number of amides is 2. The summed E-state index contributed by atoms with van der Waals surface area (Å²) in [7, 11) is 3.10. The second-order valence-corrected chi connectivity index (χ2v) is 9.96. The van der Waals surface area contributed by atoms with Crippen LogP contribution in [0.4, 0.5) is 5.69 Å². The molecule has 0 spiro atoms. The molecule has 208 valence electrons. The van der Waals surface area contributed by atoms with Crippen LogP contribution >= 0.6 is 0 Å². The summed E-state index contributed by atoms with van der Waals surface area (Å²) in [6, 6.07) is 19.6. The van der Waals surface area contributed by atoms with Gasteiger partial charge < -0.3 is 14.8 Å². The smallest absolute Gasteiger partial charge is 0.249 e. The van der Waals surface area contributed by atoms with Crippen molar-refractivity contribution < 1.29 is 19.1 Å². The number of aromatic nitrogens is 3. The Balaban J connectivity index is 1.66. The van der Waals surface area contributed by atoms with Gasteiger partial charge in [-0.05, 0) is 49.1 Å². The summed E-state index contributed by atoms with van der Waals surface area (Å²) < 4.78 is 12.9. The number of para-hydroxylation sites is 3. The summed E-state index contributed by atoms with van der Waals surface area (Å²) in [6.07, 6.45) is 4.65. The summed E-state index contributed by atoms with van der Waals surface area (Å²) >= 11 is 0. The highest BCUT2D eigenvalue weighted by Gasteiger charge is 2.37. The lowest BCUT2D eigenvalue weighted by Gasteiger charge is -2.34. The molecule has 9 heteroatoms. The fourth-order valence-electron chi connectivity index (χ4n) is 5.58. The molecule has 1 heterocycles. The first-order valence-electron chi connectivity index (χ1n) is 13.7. The van der Waals surface area contributed by atoms with Crippen LogP contribution < -0.4 is 19.7 Å². The van der Waals surface area contributed by atoms with Crippen LogP contribution in [-0.2, 0) is 22.6 Å². The summed E-state index contributed by atoms with van der Waals surface area (Å²) in [5.74, 6) is 0.334. The van der Waals surface area contributed by atoms with Gasteiger partial charge >= 0.3 is 0 Å².